The van der Waals surface area contributed by atoms with Gasteiger partial charge < -0.3 is 15.5 Å². The summed E-state index contributed by atoms with van der Waals surface area (Å²) in [4.78, 5) is 46.8. The molecule has 0 unspecified atom stereocenters. The zero-order chi connectivity index (χ0) is 28.2. The fourth-order valence-corrected chi connectivity index (χ4v) is 4.83. The molecule has 5 rings (SSSR count). The summed E-state index contributed by atoms with van der Waals surface area (Å²) in [7, 11) is 0. The highest BCUT2D eigenvalue weighted by molar-refractivity contribution is 6.31. The molecule has 1 aliphatic heterocycles. The molecule has 0 saturated heterocycles. The van der Waals surface area contributed by atoms with Gasteiger partial charge in [0, 0.05) is 27.4 Å². The normalized spacial score (nSPS) is 14.6. The van der Waals surface area contributed by atoms with Gasteiger partial charge in [-0.25, -0.2) is 9.79 Å². The molecule has 0 saturated carbocycles. The van der Waals surface area contributed by atoms with E-state index in [1.165, 1.54) is 4.90 Å². The Hall–Kier alpha value is -4.75. The van der Waals surface area contributed by atoms with Gasteiger partial charge in [-0.15, -0.1) is 0 Å². The third-order valence-electron chi connectivity index (χ3n) is 6.79. The molecule has 7 nitrogen and oxygen atoms in total. The van der Waals surface area contributed by atoms with Crippen molar-refractivity contribution in [1.82, 2.24) is 5.32 Å². The van der Waals surface area contributed by atoms with Crippen molar-refractivity contribution in [3.63, 3.8) is 0 Å². The molecule has 40 heavy (non-hydrogen) atoms. The van der Waals surface area contributed by atoms with Crippen molar-refractivity contribution in [1.29, 1.82) is 0 Å². The molecule has 200 valence electrons. The van der Waals surface area contributed by atoms with E-state index in [-0.39, 0.29) is 12.3 Å². The van der Waals surface area contributed by atoms with Gasteiger partial charge >= 0.3 is 6.03 Å². The summed E-state index contributed by atoms with van der Waals surface area (Å²) in [6.07, 6.45) is -1.30. The van der Waals surface area contributed by atoms with Crippen LogP contribution in [0.2, 0.25) is 5.02 Å². The number of aryl methyl sites for hydroxylation is 1. The molecule has 8 heteroatoms. The third-order valence-corrected chi connectivity index (χ3v) is 7.20. The second-order valence-corrected chi connectivity index (χ2v) is 9.84. The lowest BCUT2D eigenvalue weighted by atomic mass is 9.99. The van der Waals surface area contributed by atoms with Crippen molar-refractivity contribution in [2.75, 3.05) is 16.8 Å². The fraction of sp³-hybridized carbons (Fsp3) is 0.125. The zero-order valence-electron chi connectivity index (χ0n) is 22.0. The number of fused-ring (bicyclic) bond motifs is 1. The van der Waals surface area contributed by atoms with Crippen molar-refractivity contribution in [3.8, 4) is 0 Å². The minimum atomic E-state index is -1.30. The Morgan fingerprint density at radius 3 is 2.35 bits per heavy atom. The van der Waals surface area contributed by atoms with Crippen molar-refractivity contribution < 1.29 is 14.4 Å². The van der Waals surface area contributed by atoms with Crippen molar-refractivity contribution in [3.05, 3.63) is 130 Å². The van der Waals surface area contributed by atoms with Crippen LogP contribution in [-0.4, -0.2) is 36.1 Å². The Morgan fingerprint density at radius 1 is 0.875 bits per heavy atom. The predicted molar refractivity (Wildman–Crippen MR) is 159 cm³/mol. The van der Waals surface area contributed by atoms with Crippen molar-refractivity contribution in [2.45, 2.75) is 20.0 Å². The number of urea groups is 1. The highest BCUT2D eigenvalue weighted by atomic mass is 35.5. The molecule has 1 heterocycles. The second-order valence-electron chi connectivity index (χ2n) is 9.44. The number of amides is 3. The molecule has 0 bridgehead atoms. The summed E-state index contributed by atoms with van der Waals surface area (Å²) in [5.74, 6) is -0.750. The number of benzodiazepines with no additional fused rings is 1. The Bertz CT molecular complexity index is 1630. The third kappa shape index (κ3) is 5.51. The number of halogens is 1. The van der Waals surface area contributed by atoms with Crippen LogP contribution in [0.4, 0.5) is 16.2 Å². The first kappa shape index (κ1) is 26.8. The quantitative estimate of drug-likeness (QED) is 0.281. The number of ketones is 1. The van der Waals surface area contributed by atoms with E-state index >= 15 is 0 Å². The fourth-order valence-electron chi connectivity index (χ4n) is 4.65. The highest BCUT2D eigenvalue weighted by Gasteiger charge is 2.34. The zero-order valence-corrected chi connectivity index (χ0v) is 22.8. The van der Waals surface area contributed by atoms with Crippen LogP contribution in [0.5, 0.6) is 0 Å². The van der Waals surface area contributed by atoms with E-state index in [9.17, 15) is 14.4 Å². The summed E-state index contributed by atoms with van der Waals surface area (Å²) in [6, 6.07) is 28.5. The molecule has 4 aromatic carbocycles. The molecule has 0 aromatic heterocycles. The van der Waals surface area contributed by atoms with Crippen LogP contribution in [0.25, 0.3) is 0 Å². The summed E-state index contributed by atoms with van der Waals surface area (Å²) >= 11 is 6.22. The van der Waals surface area contributed by atoms with Gasteiger partial charge in [-0.2, -0.15) is 0 Å². The summed E-state index contributed by atoms with van der Waals surface area (Å²) in [6.45, 7) is 3.43. The van der Waals surface area contributed by atoms with Gasteiger partial charge in [0.05, 0.1) is 17.9 Å². The number of benzene rings is 4. The van der Waals surface area contributed by atoms with Gasteiger partial charge in [0.2, 0.25) is 6.17 Å². The van der Waals surface area contributed by atoms with Crippen LogP contribution in [0.3, 0.4) is 0 Å². The van der Waals surface area contributed by atoms with E-state index in [2.05, 4.69) is 10.6 Å². The molecule has 0 radical (unpaired) electrons. The first-order chi connectivity index (χ1) is 19.3. The van der Waals surface area contributed by atoms with E-state index in [1.807, 2.05) is 67.6 Å². The van der Waals surface area contributed by atoms with E-state index in [0.717, 1.165) is 11.1 Å². The van der Waals surface area contributed by atoms with E-state index in [1.54, 1.807) is 43.3 Å². The number of hydrogen-bond acceptors (Lipinski definition) is 4. The number of nitrogens with zero attached hydrogens (tertiary/aromatic N) is 2. The molecule has 1 atom stereocenters. The number of aliphatic imine (C=N–C) groups is 1. The second kappa shape index (κ2) is 11.6. The molecule has 2 N–H and O–H groups in total. The number of rotatable bonds is 6. The maximum atomic E-state index is 14.0. The van der Waals surface area contributed by atoms with Gasteiger partial charge in [-0.05, 0) is 43.2 Å². The molecule has 0 spiro atoms. The number of anilines is 2. The number of hydrogen-bond donors (Lipinski definition) is 2. The molecular weight excluding hydrogens is 524 g/mol. The first-order valence-electron chi connectivity index (χ1n) is 12.8. The smallest absolute Gasteiger partial charge is 0.308 e. The van der Waals surface area contributed by atoms with Crippen LogP contribution in [-0.2, 0) is 4.79 Å². The SMILES string of the molecule is Cc1ccccc1C(=O)CN1C(=O)[C@H](NC(=O)Nc2cccc(Cl)c2C)N=C(c2ccccc2)c2ccccc21. The lowest BCUT2D eigenvalue weighted by Gasteiger charge is -2.25. The molecule has 0 aliphatic carbocycles. The number of carbonyl (C=O) groups is 3. The molecule has 1 aliphatic rings. The van der Waals surface area contributed by atoms with Crippen LogP contribution in [0.1, 0.15) is 32.6 Å². The Balaban J connectivity index is 1.55. The largest absolute Gasteiger partial charge is 0.321 e. The number of nitrogens with one attached hydrogen (secondary N) is 2. The Labute approximate surface area is 237 Å². The summed E-state index contributed by atoms with van der Waals surface area (Å²) < 4.78 is 0. The Kier molecular flexibility index (Phi) is 7.75. The molecule has 3 amide bonds. The number of para-hydroxylation sites is 1. The maximum absolute atomic E-state index is 14.0. The van der Waals surface area contributed by atoms with E-state index in [4.69, 9.17) is 16.6 Å². The molecular formula is C32H27ClN4O3. The standard InChI is InChI=1S/C32H27ClN4O3/c1-20-11-6-7-14-23(20)28(38)19-37-27-18-9-8-15-24(27)29(22-12-4-3-5-13-22)35-30(31(37)39)36-32(40)34-26-17-10-16-25(33)21(26)2/h3-18,30H,19H2,1-2H3,(H2,34,36,40)/t30-/m0/s1. The van der Waals surface area contributed by atoms with Crippen LogP contribution in [0.15, 0.2) is 102 Å². The van der Waals surface area contributed by atoms with E-state index < -0.39 is 18.1 Å². The molecule has 0 fully saturated rings. The van der Waals surface area contributed by atoms with Gasteiger partial charge in [-0.3, -0.25) is 9.59 Å². The van der Waals surface area contributed by atoms with Crippen LogP contribution < -0.4 is 15.5 Å². The average molecular weight is 551 g/mol. The minimum absolute atomic E-state index is 0.217. The Morgan fingerprint density at radius 2 is 1.57 bits per heavy atom. The first-order valence-corrected chi connectivity index (χ1v) is 13.2. The maximum Gasteiger partial charge on any atom is 0.321 e. The lowest BCUT2D eigenvalue weighted by Crippen LogP contribution is -2.50. The summed E-state index contributed by atoms with van der Waals surface area (Å²) in [5, 5.41) is 5.98. The van der Waals surface area contributed by atoms with Gasteiger partial charge in [-0.1, -0.05) is 90.5 Å². The monoisotopic (exact) mass is 550 g/mol. The number of carbonyl (C=O) groups excluding carboxylic acids is 3. The topological polar surface area (TPSA) is 90.9 Å². The van der Waals surface area contributed by atoms with Crippen LogP contribution in [0, 0.1) is 13.8 Å². The minimum Gasteiger partial charge on any atom is -0.308 e. The van der Waals surface area contributed by atoms with Crippen molar-refractivity contribution in [2.24, 2.45) is 4.99 Å². The number of Topliss-reactive ketones (excluding diaryl/α,β-unsaturated/α-hetero) is 1. The van der Waals surface area contributed by atoms with Gasteiger partial charge in [0.25, 0.3) is 5.91 Å². The highest BCUT2D eigenvalue weighted by Crippen LogP contribution is 2.29. The molecule has 4 aromatic rings. The van der Waals surface area contributed by atoms with Gasteiger partial charge in [0.15, 0.2) is 5.78 Å². The average Bonchev–Trinajstić information content (AvgIpc) is 3.07. The van der Waals surface area contributed by atoms with Crippen molar-refractivity contribution >= 4 is 46.4 Å². The van der Waals surface area contributed by atoms with E-state index in [0.29, 0.717) is 38.8 Å². The predicted octanol–water partition coefficient (Wildman–Crippen LogP) is 6.17. The lowest BCUT2D eigenvalue weighted by molar-refractivity contribution is -0.120. The summed E-state index contributed by atoms with van der Waals surface area (Å²) in [5.41, 5.74) is 5.05. The van der Waals surface area contributed by atoms with Crippen LogP contribution >= 0.6 is 11.6 Å². The van der Waals surface area contributed by atoms with Gasteiger partial charge in [0.1, 0.15) is 0 Å².